The fourth-order valence-corrected chi connectivity index (χ4v) is 3.25. The van der Waals surface area contributed by atoms with Gasteiger partial charge in [0.2, 0.25) is 10.0 Å². The molecule has 6 nitrogen and oxygen atoms in total. The van der Waals surface area contributed by atoms with Crippen molar-refractivity contribution in [2.75, 3.05) is 12.8 Å². The first-order valence-electron chi connectivity index (χ1n) is 5.79. The molecule has 1 aromatic carbocycles. The van der Waals surface area contributed by atoms with E-state index in [1.807, 2.05) is 0 Å². The van der Waals surface area contributed by atoms with Crippen molar-refractivity contribution in [2.24, 2.45) is 7.05 Å². The first-order chi connectivity index (χ1) is 9.30. The number of rotatable bonds is 4. The van der Waals surface area contributed by atoms with Crippen molar-refractivity contribution in [3.05, 3.63) is 41.2 Å². The van der Waals surface area contributed by atoms with Crippen LogP contribution in [-0.4, -0.2) is 29.6 Å². The third-order valence-corrected chi connectivity index (χ3v) is 4.94. The van der Waals surface area contributed by atoms with Crippen LogP contribution in [0.3, 0.4) is 0 Å². The van der Waals surface area contributed by atoms with Gasteiger partial charge < -0.3 is 5.73 Å². The van der Waals surface area contributed by atoms with Crippen LogP contribution in [0.4, 0.5) is 5.69 Å². The van der Waals surface area contributed by atoms with Crippen LogP contribution in [0.25, 0.3) is 0 Å². The Labute approximate surface area is 122 Å². The molecule has 0 bridgehead atoms. The van der Waals surface area contributed by atoms with Gasteiger partial charge in [-0.2, -0.15) is 9.40 Å². The highest BCUT2D eigenvalue weighted by molar-refractivity contribution is 7.89. The fraction of sp³-hybridized carbons (Fsp3) is 0.250. The molecule has 0 saturated heterocycles. The van der Waals surface area contributed by atoms with Gasteiger partial charge in [-0.05, 0) is 18.2 Å². The standard InChI is InChI=1S/C12H15ClN4O2S/c1-16-7-9(6-15-16)8-17(2)20(18,19)12-4-3-10(13)5-11(12)14/h3-7H,8,14H2,1-2H3. The highest BCUT2D eigenvalue weighted by Gasteiger charge is 2.23. The van der Waals surface area contributed by atoms with Gasteiger partial charge in [0.05, 0.1) is 11.9 Å². The summed E-state index contributed by atoms with van der Waals surface area (Å²) in [6.07, 6.45) is 3.38. The van der Waals surface area contributed by atoms with Gasteiger partial charge in [-0.3, -0.25) is 4.68 Å². The number of nitrogen functional groups attached to an aromatic ring is 1. The van der Waals surface area contributed by atoms with Crippen molar-refractivity contribution < 1.29 is 8.42 Å². The summed E-state index contributed by atoms with van der Waals surface area (Å²) >= 11 is 5.78. The lowest BCUT2D eigenvalue weighted by Gasteiger charge is -2.17. The largest absolute Gasteiger partial charge is 0.398 e. The number of aromatic nitrogens is 2. The number of aryl methyl sites for hydroxylation is 1. The summed E-state index contributed by atoms with van der Waals surface area (Å²) in [4.78, 5) is 0.0493. The molecule has 1 heterocycles. The number of halogens is 1. The molecular weight excluding hydrogens is 300 g/mol. The number of anilines is 1. The molecule has 0 aliphatic heterocycles. The van der Waals surface area contributed by atoms with Crippen LogP contribution in [0, 0.1) is 0 Å². The number of nitrogens with zero attached hydrogens (tertiary/aromatic N) is 3. The lowest BCUT2D eigenvalue weighted by molar-refractivity contribution is 0.467. The topological polar surface area (TPSA) is 81.2 Å². The van der Waals surface area contributed by atoms with E-state index in [1.54, 1.807) is 24.1 Å². The third kappa shape index (κ3) is 2.95. The smallest absolute Gasteiger partial charge is 0.245 e. The van der Waals surface area contributed by atoms with Gasteiger partial charge in [-0.25, -0.2) is 8.42 Å². The Morgan fingerprint density at radius 3 is 2.70 bits per heavy atom. The lowest BCUT2D eigenvalue weighted by atomic mass is 10.3. The van der Waals surface area contributed by atoms with Crippen molar-refractivity contribution >= 4 is 27.3 Å². The van der Waals surface area contributed by atoms with Gasteiger partial charge in [0.25, 0.3) is 0 Å². The fourth-order valence-electron chi connectivity index (χ4n) is 1.82. The number of sulfonamides is 1. The molecule has 1 aromatic heterocycles. The Hall–Kier alpha value is -1.57. The van der Waals surface area contributed by atoms with Crippen LogP contribution in [0.5, 0.6) is 0 Å². The van der Waals surface area contributed by atoms with Crippen molar-refractivity contribution in [1.29, 1.82) is 0 Å². The average molecular weight is 315 g/mol. The zero-order chi connectivity index (χ0) is 14.9. The summed E-state index contributed by atoms with van der Waals surface area (Å²) in [5.74, 6) is 0. The molecule has 0 aliphatic carbocycles. The number of nitrogens with two attached hydrogens (primary N) is 1. The van der Waals surface area contributed by atoms with Gasteiger partial charge in [0, 0.05) is 37.4 Å². The normalized spacial score (nSPS) is 12.0. The minimum atomic E-state index is -3.66. The second-order valence-corrected chi connectivity index (χ2v) is 6.92. The third-order valence-electron chi connectivity index (χ3n) is 2.82. The predicted molar refractivity (Wildman–Crippen MR) is 77.7 cm³/mol. The molecule has 0 radical (unpaired) electrons. The molecule has 0 amide bonds. The zero-order valence-electron chi connectivity index (χ0n) is 11.1. The molecule has 2 aromatic rings. The van der Waals surface area contributed by atoms with Crippen molar-refractivity contribution in [3.63, 3.8) is 0 Å². The molecule has 0 fully saturated rings. The number of benzene rings is 1. The molecule has 0 spiro atoms. The van der Waals surface area contributed by atoms with Crippen molar-refractivity contribution in [3.8, 4) is 0 Å². The maximum Gasteiger partial charge on any atom is 0.245 e. The summed E-state index contributed by atoms with van der Waals surface area (Å²) < 4.78 is 27.7. The zero-order valence-corrected chi connectivity index (χ0v) is 12.7. The molecule has 2 rings (SSSR count). The molecule has 0 aliphatic rings. The highest BCUT2D eigenvalue weighted by Crippen LogP contribution is 2.25. The van der Waals surface area contributed by atoms with Crippen molar-refractivity contribution in [2.45, 2.75) is 11.4 Å². The monoisotopic (exact) mass is 314 g/mol. The summed E-state index contributed by atoms with van der Waals surface area (Å²) in [7, 11) is -0.393. The Kier molecular flexibility index (Phi) is 4.03. The summed E-state index contributed by atoms with van der Waals surface area (Å²) in [5, 5.41) is 4.41. The molecule has 8 heteroatoms. The van der Waals surface area contributed by atoms with E-state index in [1.165, 1.54) is 29.6 Å². The van der Waals surface area contributed by atoms with E-state index in [2.05, 4.69) is 5.10 Å². The van der Waals surface area contributed by atoms with E-state index in [0.29, 0.717) is 5.02 Å². The Balaban J connectivity index is 2.29. The van der Waals surface area contributed by atoms with E-state index in [4.69, 9.17) is 17.3 Å². The van der Waals surface area contributed by atoms with Gasteiger partial charge in [0.15, 0.2) is 0 Å². The Morgan fingerprint density at radius 1 is 1.45 bits per heavy atom. The van der Waals surface area contributed by atoms with E-state index >= 15 is 0 Å². The molecular formula is C12H15ClN4O2S. The minimum Gasteiger partial charge on any atom is -0.398 e. The Bertz CT molecular complexity index is 727. The summed E-state index contributed by atoms with van der Waals surface area (Å²) in [6, 6.07) is 4.34. The van der Waals surface area contributed by atoms with Gasteiger partial charge >= 0.3 is 0 Å². The van der Waals surface area contributed by atoms with Crippen LogP contribution >= 0.6 is 11.6 Å². The van der Waals surface area contributed by atoms with Crippen LogP contribution < -0.4 is 5.73 Å². The van der Waals surface area contributed by atoms with Gasteiger partial charge in [0.1, 0.15) is 4.90 Å². The second kappa shape index (κ2) is 5.43. The molecule has 20 heavy (non-hydrogen) atoms. The first-order valence-corrected chi connectivity index (χ1v) is 7.61. The minimum absolute atomic E-state index is 0.0493. The van der Waals surface area contributed by atoms with Crippen LogP contribution in [0.15, 0.2) is 35.5 Å². The SMILES string of the molecule is CN(Cc1cnn(C)c1)S(=O)(=O)c1ccc(Cl)cc1N. The predicted octanol–water partition coefficient (Wildman–Crippen LogP) is 1.48. The number of hydrogen-bond donors (Lipinski definition) is 1. The maximum absolute atomic E-state index is 12.5. The van der Waals surface area contributed by atoms with E-state index < -0.39 is 10.0 Å². The van der Waals surface area contributed by atoms with Crippen LogP contribution in [0.1, 0.15) is 5.56 Å². The van der Waals surface area contributed by atoms with E-state index in [0.717, 1.165) is 5.56 Å². The summed E-state index contributed by atoms with van der Waals surface area (Å²) in [6.45, 7) is 0.220. The van der Waals surface area contributed by atoms with Gasteiger partial charge in [-0.15, -0.1) is 0 Å². The van der Waals surface area contributed by atoms with E-state index in [9.17, 15) is 8.42 Å². The van der Waals surface area contributed by atoms with Crippen LogP contribution in [-0.2, 0) is 23.6 Å². The molecule has 0 atom stereocenters. The second-order valence-electron chi connectivity index (χ2n) is 4.47. The molecule has 0 unspecified atom stereocenters. The first kappa shape index (κ1) is 14.8. The van der Waals surface area contributed by atoms with Crippen LogP contribution in [0.2, 0.25) is 5.02 Å². The van der Waals surface area contributed by atoms with Crippen molar-refractivity contribution in [1.82, 2.24) is 14.1 Å². The van der Waals surface area contributed by atoms with E-state index in [-0.39, 0.29) is 17.1 Å². The molecule has 2 N–H and O–H groups in total. The maximum atomic E-state index is 12.5. The quantitative estimate of drug-likeness (QED) is 0.867. The Morgan fingerprint density at radius 2 is 2.15 bits per heavy atom. The van der Waals surface area contributed by atoms with Gasteiger partial charge in [-0.1, -0.05) is 11.6 Å². The average Bonchev–Trinajstić information content (AvgIpc) is 2.74. The molecule has 0 saturated carbocycles. The molecule has 108 valence electrons. The summed E-state index contributed by atoms with van der Waals surface area (Å²) in [5.41, 5.74) is 6.67. The highest BCUT2D eigenvalue weighted by atomic mass is 35.5. The number of hydrogen-bond acceptors (Lipinski definition) is 4. The lowest BCUT2D eigenvalue weighted by Crippen LogP contribution is -2.27.